The number of nitrogens with zero attached hydrogens (tertiary/aromatic N) is 2. The molecule has 1 amide bonds. The minimum absolute atomic E-state index is 0.0970. The minimum Gasteiger partial charge on any atom is -0.497 e. The molecule has 0 aliphatic carbocycles. The number of fused-ring (bicyclic) bond motifs is 2. The fourth-order valence-electron chi connectivity index (χ4n) is 4.26. The first-order valence-corrected chi connectivity index (χ1v) is 9.27. The average molecular weight is 372 g/mol. The molecule has 3 aliphatic rings. The monoisotopic (exact) mass is 372 g/mol. The molecule has 4 rings (SSSR count). The molecule has 0 radical (unpaired) electrons. The van der Waals surface area contributed by atoms with Crippen molar-refractivity contribution in [2.75, 3.05) is 33.3 Å². The van der Waals surface area contributed by atoms with Crippen molar-refractivity contribution in [1.29, 1.82) is 0 Å². The van der Waals surface area contributed by atoms with Crippen molar-refractivity contribution in [3.63, 3.8) is 0 Å². The molecule has 0 saturated carbocycles. The van der Waals surface area contributed by atoms with E-state index in [1.54, 1.807) is 18.1 Å². The van der Waals surface area contributed by atoms with E-state index in [9.17, 15) is 14.7 Å². The third-order valence-corrected chi connectivity index (χ3v) is 5.69. The summed E-state index contributed by atoms with van der Waals surface area (Å²) in [7, 11) is 1.66. The first-order chi connectivity index (χ1) is 13.1. The van der Waals surface area contributed by atoms with E-state index < -0.39 is 30.0 Å². The maximum Gasteiger partial charge on any atom is 0.310 e. The Labute approximate surface area is 158 Å². The normalized spacial score (nSPS) is 29.9. The molecule has 0 unspecified atom stereocenters. The van der Waals surface area contributed by atoms with Gasteiger partial charge in [-0.25, -0.2) is 0 Å². The zero-order valence-electron chi connectivity index (χ0n) is 15.3. The van der Waals surface area contributed by atoms with Crippen LogP contribution in [0.15, 0.2) is 36.4 Å². The molecular formula is C20H24N2O5. The molecule has 1 N–H and O–H groups in total. The Kier molecular flexibility index (Phi) is 4.88. The predicted octanol–water partition coefficient (Wildman–Crippen LogP) is 0.994. The number of carbonyl (C=O) groups is 2. The van der Waals surface area contributed by atoms with Gasteiger partial charge < -0.3 is 19.5 Å². The van der Waals surface area contributed by atoms with Gasteiger partial charge in [-0.05, 0) is 17.7 Å². The van der Waals surface area contributed by atoms with Crippen molar-refractivity contribution < 1.29 is 24.2 Å². The summed E-state index contributed by atoms with van der Waals surface area (Å²) in [5.41, 5.74) is 1.17. The lowest BCUT2D eigenvalue weighted by Gasteiger charge is -2.37. The van der Waals surface area contributed by atoms with Crippen molar-refractivity contribution >= 4 is 11.9 Å². The van der Waals surface area contributed by atoms with Crippen LogP contribution < -0.4 is 4.74 Å². The van der Waals surface area contributed by atoms with Crippen LogP contribution in [0.5, 0.6) is 5.75 Å². The SMILES string of the molecule is COc1cccc(CN2CCN(C(=O)[C@H]3[C@@H](C(=O)O)[C@@H]4C=C[C@H]3O4)CC2)c1. The van der Waals surface area contributed by atoms with E-state index >= 15 is 0 Å². The van der Waals surface area contributed by atoms with Gasteiger partial charge in [-0.1, -0.05) is 24.3 Å². The molecular weight excluding hydrogens is 348 g/mol. The van der Waals surface area contributed by atoms with Crippen molar-refractivity contribution in [3.05, 3.63) is 42.0 Å². The van der Waals surface area contributed by atoms with Crippen molar-refractivity contribution in [2.24, 2.45) is 11.8 Å². The highest BCUT2D eigenvalue weighted by atomic mass is 16.5. The number of carbonyl (C=O) groups excluding carboxylic acids is 1. The molecule has 1 aromatic rings. The highest BCUT2D eigenvalue weighted by Crippen LogP contribution is 2.40. The number of rotatable bonds is 5. The molecule has 0 aromatic heterocycles. The number of carboxylic acids is 1. The van der Waals surface area contributed by atoms with Crippen LogP contribution in [0.3, 0.4) is 0 Å². The molecule has 3 aliphatic heterocycles. The molecule has 27 heavy (non-hydrogen) atoms. The zero-order chi connectivity index (χ0) is 19.0. The summed E-state index contributed by atoms with van der Waals surface area (Å²) in [6, 6.07) is 7.98. The van der Waals surface area contributed by atoms with Gasteiger partial charge in [0.05, 0.1) is 25.2 Å². The van der Waals surface area contributed by atoms with Gasteiger partial charge in [0.15, 0.2) is 0 Å². The molecule has 7 heteroatoms. The summed E-state index contributed by atoms with van der Waals surface area (Å²) >= 11 is 0. The third-order valence-electron chi connectivity index (χ3n) is 5.69. The summed E-state index contributed by atoms with van der Waals surface area (Å²) in [6.07, 6.45) is 2.71. The Morgan fingerprint density at radius 2 is 1.85 bits per heavy atom. The second-order valence-electron chi connectivity index (χ2n) is 7.29. The molecule has 0 spiro atoms. The Bertz CT molecular complexity index is 756. The standard InChI is InChI=1S/C20H24N2O5/c1-26-14-4-2-3-13(11-14)12-21-7-9-22(10-8-21)19(23)17-15-5-6-16(27-15)18(17)20(24)25/h2-6,11,15-18H,7-10,12H2,1H3,(H,24,25)/t15-,16+,17-,18+/m1/s1. The Hall–Kier alpha value is -2.38. The number of amides is 1. The molecule has 2 fully saturated rings. The Balaban J connectivity index is 1.35. The van der Waals surface area contributed by atoms with Crippen LogP contribution in [0, 0.1) is 11.8 Å². The molecule has 144 valence electrons. The first kappa shape index (κ1) is 18.0. The Morgan fingerprint density at radius 1 is 1.15 bits per heavy atom. The topological polar surface area (TPSA) is 79.3 Å². The van der Waals surface area contributed by atoms with Crippen LogP contribution in [0.1, 0.15) is 5.56 Å². The lowest BCUT2D eigenvalue weighted by atomic mass is 9.82. The Morgan fingerprint density at radius 3 is 2.52 bits per heavy atom. The number of aliphatic carboxylic acids is 1. The van der Waals surface area contributed by atoms with Gasteiger partial charge in [0.25, 0.3) is 0 Å². The van der Waals surface area contributed by atoms with Crippen LogP contribution in [-0.2, 0) is 20.9 Å². The van der Waals surface area contributed by atoms with E-state index in [1.165, 1.54) is 5.56 Å². The van der Waals surface area contributed by atoms with Gasteiger partial charge in [-0.3, -0.25) is 14.5 Å². The molecule has 4 atom stereocenters. The number of hydrogen-bond donors (Lipinski definition) is 1. The molecule has 1 aromatic carbocycles. The average Bonchev–Trinajstić information content (AvgIpc) is 3.29. The molecule has 2 saturated heterocycles. The highest BCUT2D eigenvalue weighted by Gasteiger charge is 2.54. The molecule has 7 nitrogen and oxygen atoms in total. The van der Waals surface area contributed by atoms with E-state index in [0.29, 0.717) is 13.1 Å². The van der Waals surface area contributed by atoms with Gasteiger partial charge >= 0.3 is 5.97 Å². The van der Waals surface area contributed by atoms with Crippen molar-refractivity contribution in [2.45, 2.75) is 18.8 Å². The van der Waals surface area contributed by atoms with Crippen LogP contribution in [0.2, 0.25) is 0 Å². The summed E-state index contributed by atoms with van der Waals surface area (Å²) in [6.45, 7) is 3.53. The van der Waals surface area contributed by atoms with Gasteiger partial charge in [-0.2, -0.15) is 0 Å². The van der Waals surface area contributed by atoms with E-state index in [0.717, 1.165) is 25.4 Å². The number of hydrogen-bond acceptors (Lipinski definition) is 5. The lowest BCUT2D eigenvalue weighted by molar-refractivity contribution is -0.150. The number of benzene rings is 1. The van der Waals surface area contributed by atoms with Crippen LogP contribution >= 0.6 is 0 Å². The minimum atomic E-state index is -0.957. The molecule has 3 heterocycles. The maximum absolute atomic E-state index is 13.0. The van der Waals surface area contributed by atoms with Crippen LogP contribution in [-0.4, -0.2) is 72.3 Å². The van der Waals surface area contributed by atoms with Gasteiger partial charge in [0.2, 0.25) is 5.91 Å². The fourth-order valence-corrected chi connectivity index (χ4v) is 4.26. The second kappa shape index (κ2) is 7.32. The quantitative estimate of drug-likeness (QED) is 0.777. The van der Waals surface area contributed by atoms with E-state index in [4.69, 9.17) is 9.47 Å². The predicted molar refractivity (Wildman–Crippen MR) is 97.3 cm³/mol. The van der Waals surface area contributed by atoms with Crippen molar-refractivity contribution in [1.82, 2.24) is 9.80 Å². The van der Waals surface area contributed by atoms with Crippen LogP contribution in [0.25, 0.3) is 0 Å². The largest absolute Gasteiger partial charge is 0.497 e. The summed E-state index contributed by atoms with van der Waals surface area (Å²) < 4.78 is 10.9. The number of ether oxygens (including phenoxy) is 2. The van der Waals surface area contributed by atoms with E-state index in [-0.39, 0.29) is 5.91 Å². The maximum atomic E-state index is 13.0. The van der Waals surface area contributed by atoms with E-state index in [2.05, 4.69) is 11.0 Å². The smallest absolute Gasteiger partial charge is 0.310 e. The summed E-state index contributed by atoms with van der Waals surface area (Å²) in [5, 5.41) is 9.50. The highest BCUT2D eigenvalue weighted by molar-refractivity contribution is 5.87. The summed E-state index contributed by atoms with van der Waals surface area (Å²) in [4.78, 5) is 28.6. The van der Waals surface area contributed by atoms with Gasteiger partial charge in [0.1, 0.15) is 11.7 Å². The third kappa shape index (κ3) is 3.44. The summed E-state index contributed by atoms with van der Waals surface area (Å²) in [5.74, 6) is -1.60. The second-order valence-corrected chi connectivity index (χ2v) is 7.29. The lowest BCUT2D eigenvalue weighted by Crippen LogP contribution is -2.52. The van der Waals surface area contributed by atoms with E-state index in [1.807, 2.05) is 24.3 Å². The van der Waals surface area contributed by atoms with Gasteiger partial charge in [0, 0.05) is 32.7 Å². The fraction of sp³-hybridized carbons (Fsp3) is 0.500. The van der Waals surface area contributed by atoms with Crippen molar-refractivity contribution in [3.8, 4) is 5.75 Å². The number of carboxylic acid groups (broad SMARTS) is 1. The van der Waals surface area contributed by atoms with Crippen LogP contribution in [0.4, 0.5) is 0 Å². The molecule has 2 bridgehead atoms. The number of piperazine rings is 1. The first-order valence-electron chi connectivity index (χ1n) is 9.27. The number of methoxy groups -OCH3 is 1. The van der Waals surface area contributed by atoms with Gasteiger partial charge in [-0.15, -0.1) is 0 Å². The zero-order valence-corrected chi connectivity index (χ0v) is 15.3.